The van der Waals surface area contributed by atoms with Crippen LogP contribution in [0.5, 0.6) is 0 Å². The summed E-state index contributed by atoms with van der Waals surface area (Å²) in [6.07, 6.45) is 3.24. The van der Waals surface area contributed by atoms with Gasteiger partial charge in [-0.05, 0) is 31.7 Å². The van der Waals surface area contributed by atoms with Crippen LogP contribution in [0.3, 0.4) is 0 Å². The Hall–Kier alpha value is -0.120. The van der Waals surface area contributed by atoms with Crippen molar-refractivity contribution < 1.29 is 9.84 Å². The molecule has 2 N–H and O–H groups in total. The van der Waals surface area contributed by atoms with Gasteiger partial charge >= 0.3 is 0 Å². The lowest BCUT2D eigenvalue weighted by molar-refractivity contribution is 0.189. The number of hydrogen-bond donors (Lipinski definition) is 2. The third kappa shape index (κ3) is 8.48. The molecule has 86 valence electrons. The average molecular weight is 203 g/mol. The second-order valence-corrected chi connectivity index (χ2v) is 4.16. The van der Waals surface area contributed by atoms with E-state index in [-0.39, 0.29) is 12.6 Å². The Morgan fingerprint density at radius 1 is 1.29 bits per heavy atom. The first-order valence-electron chi connectivity index (χ1n) is 5.53. The highest BCUT2D eigenvalue weighted by molar-refractivity contribution is 4.66. The maximum Gasteiger partial charge on any atom is 0.0584 e. The molecule has 0 rings (SSSR count). The lowest BCUT2D eigenvalue weighted by Gasteiger charge is -2.18. The molecule has 1 atom stereocenters. The van der Waals surface area contributed by atoms with Crippen LogP contribution in [-0.4, -0.2) is 38.0 Å². The zero-order chi connectivity index (χ0) is 10.8. The SMILES string of the molecule is COCCCCN[C@@H](CO)CC(C)C. The molecule has 3 nitrogen and oxygen atoms in total. The minimum absolute atomic E-state index is 0.239. The summed E-state index contributed by atoms with van der Waals surface area (Å²) >= 11 is 0. The van der Waals surface area contributed by atoms with Gasteiger partial charge in [0.25, 0.3) is 0 Å². The van der Waals surface area contributed by atoms with E-state index in [1.54, 1.807) is 7.11 Å². The van der Waals surface area contributed by atoms with Crippen molar-refractivity contribution in [1.29, 1.82) is 0 Å². The summed E-state index contributed by atoms with van der Waals surface area (Å²) in [6.45, 7) is 6.39. The summed E-state index contributed by atoms with van der Waals surface area (Å²) in [5, 5.41) is 12.4. The fourth-order valence-electron chi connectivity index (χ4n) is 1.47. The molecule has 0 unspecified atom stereocenters. The Labute approximate surface area is 87.8 Å². The van der Waals surface area contributed by atoms with Crippen LogP contribution in [0.2, 0.25) is 0 Å². The van der Waals surface area contributed by atoms with E-state index in [4.69, 9.17) is 9.84 Å². The van der Waals surface area contributed by atoms with Crippen LogP contribution in [0.25, 0.3) is 0 Å². The largest absolute Gasteiger partial charge is 0.395 e. The van der Waals surface area contributed by atoms with Gasteiger partial charge in [0.1, 0.15) is 0 Å². The number of aliphatic hydroxyl groups excluding tert-OH is 1. The molecule has 0 aromatic carbocycles. The number of nitrogens with one attached hydrogen (secondary N) is 1. The van der Waals surface area contributed by atoms with E-state index in [2.05, 4.69) is 19.2 Å². The maximum atomic E-state index is 9.09. The molecule has 0 saturated carbocycles. The van der Waals surface area contributed by atoms with Crippen molar-refractivity contribution in [3.63, 3.8) is 0 Å². The minimum Gasteiger partial charge on any atom is -0.395 e. The second kappa shape index (κ2) is 9.44. The zero-order valence-electron chi connectivity index (χ0n) is 9.75. The van der Waals surface area contributed by atoms with Gasteiger partial charge in [-0.3, -0.25) is 0 Å². The molecule has 0 aliphatic rings. The zero-order valence-corrected chi connectivity index (χ0v) is 9.75. The molecule has 0 aliphatic carbocycles. The van der Waals surface area contributed by atoms with Crippen molar-refractivity contribution in [2.45, 2.75) is 39.2 Å². The molecular weight excluding hydrogens is 178 g/mol. The molecule has 0 amide bonds. The Morgan fingerprint density at radius 2 is 2.00 bits per heavy atom. The minimum atomic E-state index is 0.239. The van der Waals surface area contributed by atoms with Gasteiger partial charge in [-0.2, -0.15) is 0 Å². The van der Waals surface area contributed by atoms with Crippen molar-refractivity contribution in [2.75, 3.05) is 26.9 Å². The fourth-order valence-corrected chi connectivity index (χ4v) is 1.47. The molecule has 0 radical (unpaired) electrons. The Kier molecular flexibility index (Phi) is 9.35. The van der Waals surface area contributed by atoms with Crippen LogP contribution >= 0.6 is 0 Å². The van der Waals surface area contributed by atoms with Crippen molar-refractivity contribution in [3.05, 3.63) is 0 Å². The highest BCUT2D eigenvalue weighted by Gasteiger charge is 2.07. The molecule has 0 bridgehead atoms. The van der Waals surface area contributed by atoms with Gasteiger partial charge in [-0.15, -0.1) is 0 Å². The first-order chi connectivity index (χ1) is 6.70. The van der Waals surface area contributed by atoms with Gasteiger partial charge in [-0.25, -0.2) is 0 Å². The molecule has 0 fully saturated rings. The van der Waals surface area contributed by atoms with Crippen LogP contribution in [0.1, 0.15) is 33.1 Å². The summed E-state index contributed by atoms with van der Waals surface area (Å²) in [6, 6.07) is 0.262. The van der Waals surface area contributed by atoms with Crippen LogP contribution in [0.4, 0.5) is 0 Å². The molecule has 0 spiro atoms. The number of aliphatic hydroxyl groups is 1. The second-order valence-electron chi connectivity index (χ2n) is 4.16. The summed E-state index contributed by atoms with van der Waals surface area (Å²) in [7, 11) is 1.72. The highest BCUT2D eigenvalue weighted by atomic mass is 16.5. The smallest absolute Gasteiger partial charge is 0.0584 e. The summed E-state index contributed by atoms with van der Waals surface area (Å²) in [5.41, 5.74) is 0. The van der Waals surface area contributed by atoms with Gasteiger partial charge in [0, 0.05) is 19.8 Å². The van der Waals surface area contributed by atoms with E-state index >= 15 is 0 Å². The van der Waals surface area contributed by atoms with E-state index in [1.165, 1.54) is 0 Å². The van der Waals surface area contributed by atoms with Crippen molar-refractivity contribution in [2.24, 2.45) is 5.92 Å². The Balaban J connectivity index is 3.33. The predicted octanol–water partition coefficient (Wildman–Crippen LogP) is 1.41. The van der Waals surface area contributed by atoms with Crippen LogP contribution in [0.15, 0.2) is 0 Å². The van der Waals surface area contributed by atoms with Gasteiger partial charge in [0.05, 0.1) is 6.61 Å². The number of methoxy groups -OCH3 is 1. The van der Waals surface area contributed by atoms with Gasteiger partial charge in [-0.1, -0.05) is 13.8 Å². The first-order valence-corrected chi connectivity index (χ1v) is 5.53. The summed E-state index contributed by atoms with van der Waals surface area (Å²) in [4.78, 5) is 0. The third-order valence-electron chi connectivity index (χ3n) is 2.18. The predicted molar refractivity (Wildman–Crippen MR) is 59.4 cm³/mol. The molecule has 0 heterocycles. The Bertz CT molecular complexity index is 118. The highest BCUT2D eigenvalue weighted by Crippen LogP contribution is 2.04. The van der Waals surface area contributed by atoms with Gasteiger partial charge in [0.2, 0.25) is 0 Å². The first kappa shape index (κ1) is 13.9. The maximum absolute atomic E-state index is 9.09. The molecule has 0 aliphatic heterocycles. The molecule has 0 saturated heterocycles. The molecule has 0 aromatic heterocycles. The molecular formula is C11H25NO2. The summed E-state index contributed by atoms with van der Waals surface area (Å²) < 4.78 is 4.96. The summed E-state index contributed by atoms with van der Waals surface area (Å²) in [5.74, 6) is 0.638. The molecule has 14 heavy (non-hydrogen) atoms. The van der Waals surface area contributed by atoms with E-state index in [9.17, 15) is 0 Å². The normalized spacial score (nSPS) is 13.5. The lowest BCUT2D eigenvalue weighted by Crippen LogP contribution is -2.34. The quantitative estimate of drug-likeness (QED) is 0.557. The van der Waals surface area contributed by atoms with Crippen LogP contribution < -0.4 is 5.32 Å². The van der Waals surface area contributed by atoms with Crippen molar-refractivity contribution in [3.8, 4) is 0 Å². The Morgan fingerprint density at radius 3 is 2.50 bits per heavy atom. The number of unbranched alkanes of at least 4 members (excludes halogenated alkanes) is 1. The van der Waals surface area contributed by atoms with E-state index in [0.717, 1.165) is 32.4 Å². The van der Waals surface area contributed by atoms with Gasteiger partial charge in [0.15, 0.2) is 0 Å². The molecule has 3 heteroatoms. The van der Waals surface area contributed by atoms with Crippen molar-refractivity contribution in [1.82, 2.24) is 5.32 Å². The monoisotopic (exact) mass is 203 g/mol. The van der Waals surface area contributed by atoms with Gasteiger partial charge < -0.3 is 15.2 Å². The third-order valence-corrected chi connectivity index (χ3v) is 2.18. The fraction of sp³-hybridized carbons (Fsp3) is 1.00. The van der Waals surface area contributed by atoms with E-state index in [0.29, 0.717) is 5.92 Å². The van der Waals surface area contributed by atoms with Crippen molar-refractivity contribution >= 4 is 0 Å². The lowest BCUT2D eigenvalue weighted by atomic mass is 10.0. The number of ether oxygens (including phenoxy) is 1. The van der Waals surface area contributed by atoms with E-state index < -0.39 is 0 Å². The number of rotatable bonds is 9. The molecule has 0 aromatic rings. The van der Waals surface area contributed by atoms with Crippen LogP contribution in [-0.2, 0) is 4.74 Å². The van der Waals surface area contributed by atoms with Crippen LogP contribution in [0, 0.1) is 5.92 Å². The van der Waals surface area contributed by atoms with E-state index in [1.807, 2.05) is 0 Å². The average Bonchev–Trinajstić information content (AvgIpc) is 2.15. The number of hydrogen-bond acceptors (Lipinski definition) is 3. The topological polar surface area (TPSA) is 41.5 Å². The standard InChI is InChI=1S/C11H25NO2/c1-10(2)8-11(9-13)12-6-4-5-7-14-3/h10-13H,4-9H2,1-3H3/t11-/m1/s1.